The van der Waals surface area contributed by atoms with Crippen molar-refractivity contribution in [3.8, 4) is 0 Å². The van der Waals surface area contributed by atoms with E-state index in [1.54, 1.807) is 12.1 Å². The largest absolute Gasteiger partial charge is 0.464 e. The summed E-state index contributed by atoms with van der Waals surface area (Å²) < 4.78 is 30.2. The van der Waals surface area contributed by atoms with Crippen LogP contribution in [-0.2, 0) is 0 Å². The molecule has 0 aliphatic rings. The van der Waals surface area contributed by atoms with Gasteiger partial charge in [0.15, 0.2) is 0 Å². The summed E-state index contributed by atoms with van der Waals surface area (Å²) in [4.78, 5) is 5.60. The van der Waals surface area contributed by atoms with Crippen molar-refractivity contribution in [3.05, 3.63) is 24.6 Å². The molecule has 0 saturated heterocycles. The quantitative estimate of drug-likeness (QED) is 0.868. The average molecular weight is 241 g/mol. The molecule has 0 radical (unpaired) electrons. The van der Waals surface area contributed by atoms with Crippen LogP contribution >= 0.6 is 0 Å². The number of furan rings is 1. The van der Waals surface area contributed by atoms with Gasteiger partial charge in [0, 0.05) is 19.3 Å². The van der Waals surface area contributed by atoms with Gasteiger partial charge in [0.05, 0.1) is 18.2 Å². The Hall–Kier alpha value is -1.69. The van der Waals surface area contributed by atoms with Gasteiger partial charge in [-0.25, -0.2) is 13.8 Å². The predicted octanol–water partition coefficient (Wildman–Crippen LogP) is 1.86. The Morgan fingerprint density at radius 2 is 2.24 bits per heavy atom. The SMILES string of the molecule is NCCN(CC(F)F)c1nccc2occc12. The van der Waals surface area contributed by atoms with E-state index in [2.05, 4.69) is 4.98 Å². The fraction of sp³-hybridized carbons (Fsp3) is 0.364. The second kappa shape index (κ2) is 5.09. The van der Waals surface area contributed by atoms with Crippen molar-refractivity contribution in [1.29, 1.82) is 0 Å². The maximum absolute atomic E-state index is 12.5. The van der Waals surface area contributed by atoms with E-state index < -0.39 is 6.43 Å². The summed E-state index contributed by atoms with van der Waals surface area (Å²) in [5.41, 5.74) is 6.05. The van der Waals surface area contributed by atoms with Crippen LogP contribution < -0.4 is 10.6 Å². The summed E-state index contributed by atoms with van der Waals surface area (Å²) >= 11 is 0. The zero-order valence-corrected chi connectivity index (χ0v) is 9.14. The molecule has 92 valence electrons. The van der Waals surface area contributed by atoms with Crippen LogP contribution in [0, 0.1) is 0 Å². The molecule has 2 heterocycles. The van der Waals surface area contributed by atoms with Crippen molar-refractivity contribution in [1.82, 2.24) is 4.98 Å². The van der Waals surface area contributed by atoms with E-state index in [4.69, 9.17) is 10.2 Å². The van der Waals surface area contributed by atoms with Crippen molar-refractivity contribution < 1.29 is 13.2 Å². The molecule has 0 bridgehead atoms. The Morgan fingerprint density at radius 3 is 2.94 bits per heavy atom. The number of nitrogens with zero attached hydrogens (tertiary/aromatic N) is 2. The van der Waals surface area contributed by atoms with Crippen molar-refractivity contribution in [2.45, 2.75) is 6.43 Å². The first kappa shape index (κ1) is 11.8. The zero-order valence-electron chi connectivity index (χ0n) is 9.14. The Labute approximate surface area is 97.0 Å². The molecule has 0 unspecified atom stereocenters. The predicted molar refractivity (Wildman–Crippen MR) is 61.3 cm³/mol. The molecule has 17 heavy (non-hydrogen) atoms. The van der Waals surface area contributed by atoms with Crippen molar-refractivity contribution in [2.24, 2.45) is 5.73 Å². The number of hydrogen-bond donors (Lipinski definition) is 1. The maximum atomic E-state index is 12.5. The molecule has 2 aromatic rings. The molecule has 0 atom stereocenters. The number of alkyl halides is 2. The Morgan fingerprint density at radius 1 is 1.41 bits per heavy atom. The number of fused-ring (bicyclic) bond motifs is 1. The standard InChI is InChI=1S/C11H13F2N3O/c12-10(13)7-16(5-3-14)11-8-2-6-17-9(8)1-4-15-11/h1-2,4,6,10H,3,5,7,14H2. The molecular weight excluding hydrogens is 228 g/mol. The van der Waals surface area contributed by atoms with Gasteiger partial charge in [-0.2, -0.15) is 0 Å². The fourth-order valence-corrected chi connectivity index (χ4v) is 1.74. The van der Waals surface area contributed by atoms with Gasteiger partial charge < -0.3 is 15.1 Å². The highest BCUT2D eigenvalue weighted by atomic mass is 19.3. The normalized spacial score (nSPS) is 11.3. The zero-order chi connectivity index (χ0) is 12.3. The molecule has 2 N–H and O–H groups in total. The minimum Gasteiger partial charge on any atom is -0.464 e. The summed E-state index contributed by atoms with van der Waals surface area (Å²) in [5.74, 6) is 0.488. The highest BCUT2D eigenvalue weighted by Crippen LogP contribution is 2.25. The first-order valence-electron chi connectivity index (χ1n) is 5.27. The lowest BCUT2D eigenvalue weighted by Gasteiger charge is -2.22. The van der Waals surface area contributed by atoms with Crippen LogP contribution in [0.1, 0.15) is 0 Å². The minimum absolute atomic E-state index is 0.294. The van der Waals surface area contributed by atoms with Gasteiger partial charge in [0.25, 0.3) is 6.43 Å². The lowest BCUT2D eigenvalue weighted by molar-refractivity contribution is 0.155. The maximum Gasteiger partial charge on any atom is 0.255 e. The molecule has 4 nitrogen and oxygen atoms in total. The van der Waals surface area contributed by atoms with Gasteiger partial charge in [-0.1, -0.05) is 0 Å². The monoisotopic (exact) mass is 241 g/mol. The van der Waals surface area contributed by atoms with Crippen molar-refractivity contribution in [3.63, 3.8) is 0 Å². The number of halogens is 2. The molecule has 2 aromatic heterocycles. The summed E-state index contributed by atoms with van der Waals surface area (Å²) in [6, 6.07) is 3.41. The van der Waals surface area contributed by atoms with Gasteiger partial charge in [-0.05, 0) is 12.1 Å². The summed E-state index contributed by atoms with van der Waals surface area (Å²) in [7, 11) is 0. The second-order valence-electron chi connectivity index (χ2n) is 3.59. The smallest absolute Gasteiger partial charge is 0.255 e. The molecule has 0 saturated carbocycles. The third-order valence-electron chi connectivity index (χ3n) is 2.42. The Bertz CT molecular complexity index is 486. The van der Waals surface area contributed by atoms with Crippen LogP contribution in [0.5, 0.6) is 0 Å². The van der Waals surface area contributed by atoms with E-state index in [-0.39, 0.29) is 6.54 Å². The molecular formula is C11H13F2N3O. The lowest BCUT2D eigenvalue weighted by atomic mass is 10.3. The second-order valence-corrected chi connectivity index (χ2v) is 3.59. The van der Waals surface area contributed by atoms with E-state index in [0.29, 0.717) is 24.5 Å². The molecule has 0 aliphatic heterocycles. The Kier molecular flexibility index (Phi) is 3.53. The van der Waals surface area contributed by atoms with Gasteiger partial charge in [0.2, 0.25) is 0 Å². The van der Waals surface area contributed by atoms with Crippen LogP contribution in [0.25, 0.3) is 11.0 Å². The van der Waals surface area contributed by atoms with Crippen LogP contribution in [0.15, 0.2) is 29.0 Å². The van der Waals surface area contributed by atoms with Crippen molar-refractivity contribution >= 4 is 16.8 Å². The highest BCUT2D eigenvalue weighted by molar-refractivity contribution is 5.88. The van der Waals surface area contributed by atoms with E-state index in [9.17, 15) is 8.78 Å². The average Bonchev–Trinajstić information content (AvgIpc) is 2.75. The van der Waals surface area contributed by atoms with Crippen molar-refractivity contribution in [2.75, 3.05) is 24.5 Å². The summed E-state index contributed by atoms with van der Waals surface area (Å²) in [5, 5.41) is 0.724. The van der Waals surface area contributed by atoms with Crippen LogP contribution in [0.2, 0.25) is 0 Å². The molecule has 0 spiro atoms. The first-order chi connectivity index (χ1) is 8.22. The number of aromatic nitrogens is 1. The Balaban J connectivity index is 2.36. The number of nitrogens with two attached hydrogens (primary N) is 1. The first-order valence-corrected chi connectivity index (χ1v) is 5.27. The van der Waals surface area contributed by atoms with Gasteiger partial charge in [0.1, 0.15) is 11.4 Å². The third-order valence-corrected chi connectivity index (χ3v) is 2.42. The highest BCUT2D eigenvalue weighted by Gasteiger charge is 2.16. The van der Waals surface area contributed by atoms with E-state index >= 15 is 0 Å². The van der Waals surface area contributed by atoms with Crippen LogP contribution in [0.4, 0.5) is 14.6 Å². The van der Waals surface area contributed by atoms with Crippen LogP contribution in [-0.4, -0.2) is 31.0 Å². The number of rotatable bonds is 5. The lowest BCUT2D eigenvalue weighted by Crippen LogP contribution is -2.34. The number of pyridine rings is 1. The third kappa shape index (κ3) is 2.52. The molecule has 0 aliphatic carbocycles. The van der Waals surface area contributed by atoms with Gasteiger partial charge in [-0.3, -0.25) is 0 Å². The van der Waals surface area contributed by atoms with Gasteiger partial charge in [-0.15, -0.1) is 0 Å². The molecule has 0 fully saturated rings. The van der Waals surface area contributed by atoms with E-state index in [0.717, 1.165) is 5.39 Å². The summed E-state index contributed by atoms with van der Waals surface area (Å²) in [6.07, 6.45) is 0.625. The number of anilines is 1. The summed E-state index contributed by atoms with van der Waals surface area (Å²) in [6.45, 7) is 0.249. The van der Waals surface area contributed by atoms with E-state index in [1.807, 2.05) is 0 Å². The fourth-order valence-electron chi connectivity index (χ4n) is 1.74. The van der Waals surface area contributed by atoms with Crippen LogP contribution in [0.3, 0.4) is 0 Å². The molecule has 0 amide bonds. The topological polar surface area (TPSA) is 55.3 Å². The number of hydrogen-bond acceptors (Lipinski definition) is 4. The van der Waals surface area contributed by atoms with E-state index in [1.165, 1.54) is 17.4 Å². The van der Waals surface area contributed by atoms with Gasteiger partial charge >= 0.3 is 0 Å². The minimum atomic E-state index is -2.43. The molecule has 0 aromatic carbocycles. The molecule has 2 rings (SSSR count). The molecule has 6 heteroatoms.